The number of benzene rings is 2. The molecule has 166 valence electrons. The molecule has 0 bridgehead atoms. The molecule has 0 saturated carbocycles. The Kier molecular flexibility index (Phi) is 8.12. The lowest BCUT2D eigenvalue weighted by atomic mass is 9.91. The molecule has 2 aromatic rings. The molecule has 2 amide bonds. The molecule has 0 aromatic heterocycles. The van der Waals surface area contributed by atoms with Crippen LogP contribution in [-0.4, -0.2) is 39.5 Å². The van der Waals surface area contributed by atoms with Gasteiger partial charge >= 0.3 is 6.03 Å². The Morgan fingerprint density at radius 1 is 1.10 bits per heavy atom. The summed E-state index contributed by atoms with van der Waals surface area (Å²) < 4.78 is 31.7. The molecule has 1 fully saturated rings. The molecular formula is C24H30N2O4S. The van der Waals surface area contributed by atoms with Crippen molar-refractivity contribution in [2.45, 2.75) is 32.1 Å². The average molecular weight is 443 g/mol. The van der Waals surface area contributed by atoms with Crippen LogP contribution in [0.2, 0.25) is 0 Å². The van der Waals surface area contributed by atoms with Crippen molar-refractivity contribution in [2.75, 3.05) is 20.2 Å². The minimum atomic E-state index is -3.82. The first-order valence-corrected chi connectivity index (χ1v) is 12.2. The highest BCUT2D eigenvalue weighted by molar-refractivity contribution is 7.93. The Labute approximate surface area is 185 Å². The van der Waals surface area contributed by atoms with Crippen LogP contribution in [0.5, 0.6) is 5.75 Å². The lowest BCUT2D eigenvalue weighted by Gasteiger charge is -2.31. The molecule has 0 atom stereocenters. The molecule has 1 aliphatic rings. The fourth-order valence-corrected chi connectivity index (χ4v) is 4.54. The highest BCUT2D eigenvalue weighted by Crippen LogP contribution is 2.23. The molecule has 1 N–H and O–H groups in total. The Morgan fingerprint density at radius 2 is 1.77 bits per heavy atom. The quantitative estimate of drug-likeness (QED) is 0.656. The van der Waals surface area contributed by atoms with Crippen molar-refractivity contribution in [3.8, 4) is 5.75 Å². The number of amides is 2. The smallest absolute Gasteiger partial charge is 0.331 e. The zero-order valence-corrected chi connectivity index (χ0v) is 18.7. The molecule has 31 heavy (non-hydrogen) atoms. The van der Waals surface area contributed by atoms with Crippen molar-refractivity contribution in [2.24, 2.45) is 5.92 Å². The van der Waals surface area contributed by atoms with E-state index in [4.69, 9.17) is 4.74 Å². The number of urea groups is 1. The second-order valence-electron chi connectivity index (χ2n) is 7.84. The molecule has 0 spiro atoms. The van der Waals surface area contributed by atoms with Gasteiger partial charge in [0.2, 0.25) is 0 Å². The van der Waals surface area contributed by atoms with E-state index in [1.807, 2.05) is 30.3 Å². The number of rotatable bonds is 8. The number of likely N-dealkylation sites (tertiary alicyclic amines) is 1. The highest BCUT2D eigenvalue weighted by Gasteiger charge is 2.24. The van der Waals surface area contributed by atoms with E-state index in [2.05, 4.69) is 16.9 Å². The first kappa shape index (κ1) is 22.9. The molecule has 0 radical (unpaired) electrons. The Morgan fingerprint density at radius 3 is 2.42 bits per heavy atom. The fraction of sp³-hybridized carbons (Fsp3) is 0.375. The van der Waals surface area contributed by atoms with Crippen LogP contribution in [0, 0.1) is 5.92 Å². The summed E-state index contributed by atoms with van der Waals surface area (Å²) in [6.07, 6.45) is 6.51. The normalized spacial score (nSPS) is 15.2. The van der Waals surface area contributed by atoms with Crippen LogP contribution in [0.3, 0.4) is 0 Å². The molecule has 3 rings (SSSR count). The van der Waals surface area contributed by atoms with E-state index in [9.17, 15) is 13.2 Å². The van der Waals surface area contributed by atoms with Gasteiger partial charge in [0.15, 0.2) is 0 Å². The number of ether oxygens (including phenoxy) is 1. The Hall–Kier alpha value is -2.80. The van der Waals surface area contributed by atoms with E-state index in [1.54, 1.807) is 24.1 Å². The van der Waals surface area contributed by atoms with Crippen LogP contribution < -0.4 is 9.46 Å². The number of carbonyl (C=O) groups is 1. The minimum absolute atomic E-state index is 0.547. The van der Waals surface area contributed by atoms with Crippen molar-refractivity contribution in [1.29, 1.82) is 0 Å². The molecule has 6 nitrogen and oxygen atoms in total. The number of carbonyl (C=O) groups excluding carboxylic acids is 1. The van der Waals surface area contributed by atoms with E-state index in [-0.39, 0.29) is 0 Å². The first-order chi connectivity index (χ1) is 14.9. The molecule has 2 aromatic carbocycles. The fourth-order valence-electron chi connectivity index (χ4n) is 3.76. The van der Waals surface area contributed by atoms with Gasteiger partial charge in [-0.25, -0.2) is 17.9 Å². The number of aryl methyl sites for hydroxylation is 1. The van der Waals surface area contributed by atoms with Crippen molar-refractivity contribution in [3.63, 3.8) is 0 Å². The maximum absolute atomic E-state index is 12.4. The van der Waals surface area contributed by atoms with Gasteiger partial charge in [-0.2, -0.15) is 0 Å². The van der Waals surface area contributed by atoms with Crippen molar-refractivity contribution in [3.05, 3.63) is 71.1 Å². The maximum atomic E-state index is 12.4. The van der Waals surface area contributed by atoms with E-state index in [0.29, 0.717) is 19.0 Å². The Bertz CT molecular complexity index is 964. The third-order valence-corrected chi connectivity index (χ3v) is 6.56. The van der Waals surface area contributed by atoms with Crippen LogP contribution >= 0.6 is 0 Å². The molecule has 1 heterocycles. The standard InChI is InChI=1S/C24H30N2O4S/c1-30-23-12-10-21(11-13-23)8-5-9-22-14-17-26(18-15-22)24(27)25-31(28,29)19-16-20-6-3-2-4-7-20/h2-4,6-7,10-13,16,19,22H,5,8-9,14-15,17-18H2,1H3,(H,25,27). The predicted molar refractivity (Wildman–Crippen MR) is 123 cm³/mol. The van der Waals surface area contributed by atoms with Crippen molar-refractivity contribution < 1.29 is 17.9 Å². The molecule has 1 aliphatic heterocycles. The summed E-state index contributed by atoms with van der Waals surface area (Å²) in [4.78, 5) is 14.0. The van der Waals surface area contributed by atoms with E-state index in [1.165, 1.54) is 11.6 Å². The number of methoxy groups -OCH3 is 1. The van der Waals surface area contributed by atoms with Gasteiger partial charge in [0.1, 0.15) is 5.75 Å². The monoisotopic (exact) mass is 442 g/mol. The first-order valence-electron chi connectivity index (χ1n) is 10.6. The second kappa shape index (κ2) is 11.0. The van der Waals surface area contributed by atoms with E-state index < -0.39 is 16.1 Å². The largest absolute Gasteiger partial charge is 0.497 e. The predicted octanol–water partition coefficient (Wildman–Crippen LogP) is 4.44. The second-order valence-corrected chi connectivity index (χ2v) is 9.40. The summed E-state index contributed by atoms with van der Waals surface area (Å²) in [5, 5.41) is 1.03. The lowest BCUT2D eigenvalue weighted by molar-refractivity contribution is 0.172. The summed E-state index contributed by atoms with van der Waals surface area (Å²) in [6, 6.07) is 16.7. The number of nitrogens with zero attached hydrogens (tertiary/aromatic N) is 1. The topological polar surface area (TPSA) is 75.7 Å². The summed E-state index contributed by atoms with van der Waals surface area (Å²) in [5.41, 5.74) is 2.06. The molecule has 1 saturated heterocycles. The van der Waals surface area contributed by atoms with Gasteiger partial charge in [-0.15, -0.1) is 0 Å². The van der Waals surface area contributed by atoms with Crippen LogP contribution in [0.1, 0.15) is 36.8 Å². The van der Waals surface area contributed by atoms with Crippen LogP contribution in [0.25, 0.3) is 6.08 Å². The van der Waals surface area contributed by atoms with Crippen LogP contribution in [0.4, 0.5) is 4.79 Å². The van der Waals surface area contributed by atoms with E-state index >= 15 is 0 Å². The maximum Gasteiger partial charge on any atom is 0.331 e. The minimum Gasteiger partial charge on any atom is -0.497 e. The van der Waals surface area contributed by atoms with Gasteiger partial charge in [-0.3, -0.25) is 0 Å². The summed E-state index contributed by atoms with van der Waals surface area (Å²) >= 11 is 0. The summed E-state index contributed by atoms with van der Waals surface area (Å²) in [7, 11) is -2.16. The van der Waals surface area contributed by atoms with Gasteiger partial charge in [0, 0.05) is 13.1 Å². The van der Waals surface area contributed by atoms with Crippen LogP contribution in [-0.2, 0) is 16.4 Å². The van der Waals surface area contributed by atoms with Crippen molar-refractivity contribution in [1.82, 2.24) is 9.62 Å². The lowest BCUT2D eigenvalue weighted by Crippen LogP contribution is -2.45. The van der Waals surface area contributed by atoms with Crippen LogP contribution in [0.15, 0.2) is 60.0 Å². The molecule has 0 unspecified atom stereocenters. The third-order valence-electron chi connectivity index (χ3n) is 5.61. The number of hydrogen-bond acceptors (Lipinski definition) is 4. The molecule has 0 aliphatic carbocycles. The SMILES string of the molecule is COc1ccc(CCCC2CCN(C(=O)NS(=O)(=O)C=Cc3ccccc3)CC2)cc1. The zero-order chi connectivity index (χ0) is 22.1. The van der Waals surface area contributed by atoms with E-state index in [0.717, 1.165) is 48.8 Å². The van der Waals surface area contributed by atoms with Gasteiger partial charge in [0.25, 0.3) is 10.0 Å². The number of sulfonamides is 1. The van der Waals surface area contributed by atoms with Gasteiger partial charge in [0.05, 0.1) is 12.5 Å². The summed E-state index contributed by atoms with van der Waals surface area (Å²) in [6.45, 7) is 1.16. The number of hydrogen-bond donors (Lipinski definition) is 1. The average Bonchev–Trinajstić information content (AvgIpc) is 2.79. The molecular weight excluding hydrogens is 412 g/mol. The Balaban J connectivity index is 1.39. The summed E-state index contributed by atoms with van der Waals surface area (Å²) in [5.74, 6) is 1.43. The van der Waals surface area contributed by atoms with Gasteiger partial charge in [-0.1, -0.05) is 42.5 Å². The van der Waals surface area contributed by atoms with Gasteiger partial charge < -0.3 is 9.64 Å². The van der Waals surface area contributed by atoms with Gasteiger partial charge in [-0.05, 0) is 67.4 Å². The number of nitrogens with one attached hydrogen (secondary N) is 1. The van der Waals surface area contributed by atoms with Crippen molar-refractivity contribution >= 4 is 22.1 Å². The number of piperidine rings is 1. The molecule has 7 heteroatoms. The highest BCUT2D eigenvalue weighted by atomic mass is 32.2. The zero-order valence-electron chi connectivity index (χ0n) is 17.9. The third kappa shape index (κ3) is 7.43.